The summed E-state index contributed by atoms with van der Waals surface area (Å²) in [5.41, 5.74) is 0.676. The molecule has 0 radical (unpaired) electrons. The maximum absolute atomic E-state index is 13.7. The van der Waals surface area contributed by atoms with Crippen molar-refractivity contribution in [2.75, 3.05) is 26.2 Å². The lowest BCUT2D eigenvalue weighted by atomic mass is 10.0. The molecule has 0 atom stereocenters. The second-order valence-corrected chi connectivity index (χ2v) is 6.24. The van der Waals surface area contributed by atoms with Crippen LogP contribution in [0.3, 0.4) is 0 Å². The Morgan fingerprint density at radius 1 is 1.25 bits per heavy atom. The summed E-state index contributed by atoms with van der Waals surface area (Å²) in [6, 6.07) is 4.37. The summed E-state index contributed by atoms with van der Waals surface area (Å²) in [6.45, 7) is 2.49. The molecule has 0 saturated carbocycles. The number of hydrogen-bond donors (Lipinski definition) is 1. The minimum Gasteiger partial charge on any atom is -0.464 e. The first-order valence-electron chi connectivity index (χ1n) is 8.14. The number of nitrogens with one attached hydrogen (secondary N) is 1. The highest BCUT2D eigenvalue weighted by molar-refractivity contribution is 6.04. The van der Waals surface area contributed by atoms with Gasteiger partial charge in [0.2, 0.25) is 0 Å². The lowest BCUT2D eigenvalue weighted by molar-refractivity contribution is 0.0666. The summed E-state index contributed by atoms with van der Waals surface area (Å²) < 4.78 is 19.1. The number of amides is 3. The van der Waals surface area contributed by atoms with E-state index in [9.17, 15) is 14.0 Å². The molecule has 1 N–H and O–H groups in total. The Labute approximate surface area is 138 Å². The number of carbonyl (C=O) groups is 2. The van der Waals surface area contributed by atoms with Gasteiger partial charge in [0.15, 0.2) is 0 Å². The fourth-order valence-corrected chi connectivity index (χ4v) is 3.59. The van der Waals surface area contributed by atoms with E-state index in [1.807, 2.05) is 4.90 Å². The molecule has 0 unspecified atom stereocenters. The quantitative estimate of drug-likeness (QED) is 0.917. The van der Waals surface area contributed by atoms with Gasteiger partial charge in [0, 0.05) is 37.6 Å². The van der Waals surface area contributed by atoms with Crippen LogP contribution in [0.2, 0.25) is 0 Å². The lowest BCUT2D eigenvalue weighted by Gasteiger charge is -2.36. The third kappa shape index (κ3) is 2.50. The average Bonchev–Trinajstić information content (AvgIpc) is 3.22. The van der Waals surface area contributed by atoms with Crippen molar-refractivity contribution in [2.24, 2.45) is 0 Å². The normalized spacial score (nSPS) is 19.1. The molecule has 2 aliphatic rings. The number of carbonyl (C=O) groups excluding carboxylic acids is 2. The van der Waals surface area contributed by atoms with Gasteiger partial charge >= 0.3 is 6.03 Å². The smallest absolute Gasteiger partial charge is 0.317 e. The number of fused-ring (bicyclic) bond motifs is 1. The van der Waals surface area contributed by atoms with Crippen LogP contribution in [0.25, 0.3) is 11.0 Å². The predicted octanol–water partition coefficient (Wildman–Crippen LogP) is 2.20. The van der Waals surface area contributed by atoms with Crippen molar-refractivity contribution in [3.05, 3.63) is 35.8 Å². The Morgan fingerprint density at radius 2 is 2.04 bits per heavy atom. The van der Waals surface area contributed by atoms with E-state index in [1.54, 1.807) is 11.0 Å². The number of urea groups is 1. The SMILES string of the molecule is O=C(c1cc(F)cc2ccoc12)N1CCC(N2CCNC2=O)CC1. The van der Waals surface area contributed by atoms with E-state index in [0.717, 1.165) is 12.8 Å². The van der Waals surface area contributed by atoms with E-state index in [1.165, 1.54) is 18.4 Å². The Balaban J connectivity index is 1.50. The van der Waals surface area contributed by atoms with Gasteiger partial charge in [-0.2, -0.15) is 0 Å². The maximum atomic E-state index is 13.7. The van der Waals surface area contributed by atoms with E-state index in [0.29, 0.717) is 37.1 Å². The second kappa shape index (κ2) is 5.81. The van der Waals surface area contributed by atoms with Crippen molar-refractivity contribution >= 4 is 22.9 Å². The zero-order chi connectivity index (χ0) is 16.7. The molecule has 126 valence electrons. The van der Waals surface area contributed by atoms with Gasteiger partial charge in [-0.1, -0.05) is 0 Å². The van der Waals surface area contributed by atoms with Gasteiger partial charge < -0.3 is 19.5 Å². The number of rotatable bonds is 2. The van der Waals surface area contributed by atoms with Gasteiger partial charge in [0.1, 0.15) is 11.4 Å². The van der Waals surface area contributed by atoms with Crippen LogP contribution in [0.4, 0.5) is 9.18 Å². The third-order valence-corrected chi connectivity index (χ3v) is 4.83. The predicted molar refractivity (Wildman–Crippen MR) is 85.2 cm³/mol. The van der Waals surface area contributed by atoms with Gasteiger partial charge in [-0.05, 0) is 31.0 Å². The van der Waals surface area contributed by atoms with Gasteiger partial charge in [-0.15, -0.1) is 0 Å². The number of benzene rings is 1. The molecule has 2 aliphatic heterocycles. The minimum atomic E-state index is -0.448. The van der Waals surface area contributed by atoms with Crippen molar-refractivity contribution in [3.8, 4) is 0 Å². The molecule has 24 heavy (non-hydrogen) atoms. The van der Waals surface area contributed by atoms with Crippen LogP contribution in [0.1, 0.15) is 23.2 Å². The summed E-state index contributed by atoms with van der Waals surface area (Å²) in [7, 11) is 0. The molecule has 2 aromatic rings. The number of likely N-dealkylation sites (tertiary alicyclic amines) is 1. The van der Waals surface area contributed by atoms with Gasteiger partial charge in [-0.3, -0.25) is 4.79 Å². The summed E-state index contributed by atoms with van der Waals surface area (Å²) in [5.74, 6) is -0.672. The summed E-state index contributed by atoms with van der Waals surface area (Å²) in [6.07, 6.45) is 2.92. The van der Waals surface area contributed by atoms with Gasteiger partial charge in [0.25, 0.3) is 5.91 Å². The summed E-state index contributed by atoms with van der Waals surface area (Å²) >= 11 is 0. The molecule has 1 aromatic heterocycles. The Kier molecular flexibility index (Phi) is 3.63. The van der Waals surface area contributed by atoms with Crippen LogP contribution in [0.5, 0.6) is 0 Å². The first-order chi connectivity index (χ1) is 11.6. The van der Waals surface area contributed by atoms with Crippen LogP contribution in [-0.4, -0.2) is 54.0 Å². The standard InChI is InChI=1S/C17H18FN3O3/c18-12-9-11-3-8-24-15(11)14(10-12)16(22)20-5-1-13(2-6-20)21-7-4-19-17(21)23/h3,8-10,13H,1-2,4-7H2,(H,19,23). The van der Waals surface area contributed by atoms with Crippen LogP contribution in [0.15, 0.2) is 28.9 Å². The molecule has 6 nitrogen and oxygen atoms in total. The largest absolute Gasteiger partial charge is 0.464 e. The minimum absolute atomic E-state index is 0.0257. The van der Waals surface area contributed by atoms with Crippen molar-refractivity contribution in [2.45, 2.75) is 18.9 Å². The monoisotopic (exact) mass is 331 g/mol. The molecule has 0 aliphatic carbocycles. The highest BCUT2D eigenvalue weighted by Crippen LogP contribution is 2.25. The molecule has 0 bridgehead atoms. The first-order valence-corrected chi connectivity index (χ1v) is 8.14. The molecule has 7 heteroatoms. The van der Waals surface area contributed by atoms with Gasteiger partial charge in [-0.25, -0.2) is 9.18 Å². The van der Waals surface area contributed by atoms with Crippen molar-refractivity contribution < 1.29 is 18.4 Å². The van der Waals surface area contributed by atoms with Crippen LogP contribution in [0, 0.1) is 5.82 Å². The molecule has 0 spiro atoms. The molecule has 2 fully saturated rings. The van der Waals surface area contributed by atoms with E-state index in [4.69, 9.17) is 4.42 Å². The number of hydrogen-bond acceptors (Lipinski definition) is 3. The second-order valence-electron chi connectivity index (χ2n) is 6.24. The van der Waals surface area contributed by atoms with E-state index >= 15 is 0 Å². The van der Waals surface area contributed by atoms with Crippen molar-refractivity contribution in [1.29, 1.82) is 0 Å². The number of furan rings is 1. The number of nitrogens with zero attached hydrogens (tertiary/aromatic N) is 2. The molecule has 1 aromatic carbocycles. The summed E-state index contributed by atoms with van der Waals surface area (Å²) in [4.78, 5) is 28.1. The fourth-order valence-electron chi connectivity index (χ4n) is 3.59. The first kappa shape index (κ1) is 15.0. The highest BCUT2D eigenvalue weighted by atomic mass is 19.1. The van der Waals surface area contributed by atoms with E-state index in [-0.39, 0.29) is 23.5 Å². The molecule has 2 saturated heterocycles. The maximum Gasteiger partial charge on any atom is 0.317 e. The molecule has 3 amide bonds. The Morgan fingerprint density at radius 3 is 2.75 bits per heavy atom. The molecular weight excluding hydrogens is 313 g/mol. The zero-order valence-corrected chi connectivity index (χ0v) is 13.1. The fraction of sp³-hybridized carbons (Fsp3) is 0.412. The lowest BCUT2D eigenvalue weighted by Crippen LogP contribution is -2.47. The molecule has 3 heterocycles. The van der Waals surface area contributed by atoms with E-state index in [2.05, 4.69) is 5.32 Å². The van der Waals surface area contributed by atoms with Crippen LogP contribution < -0.4 is 5.32 Å². The number of halogens is 1. The highest BCUT2D eigenvalue weighted by Gasteiger charge is 2.32. The molecule has 4 rings (SSSR count). The average molecular weight is 331 g/mol. The summed E-state index contributed by atoms with van der Waals surface area (Å²) in [5, 5.41) is 3.39. The third-order valence-electron chi connectivity index (χ3n) is 4.83. The zero-order valence-electron chi connectivity index (χ0n) is 13.1. The molecular formula is C17H18FN3O3. The van der Waals surface area contributed by atoms with E-state index < -0.39 is 5.82 Å². The van der Waals surface area contributed by atoms with Gasteiger partial charge in [0.05, 0.1) is 11.8 Å². The number of piperidine rings is 1. The van der Waals surface area contributed by atoms with Crippen LogP contribution in [-0.2, 0) is 0 Å². The van der Waals surface area contributed by atoms with Crippen molar-refractivity contribution in [3.63, 3.8) is 0 Å². The van der Waals surface area contributed by atoms with Crippen molar-refractivity contribution in [1.82, 2.24) is 15.1 Å². The topological polar surface area (TPSA) is 65.8 Å². The Hall–Kier alpha value is -2.57. The Bertz CT molecular complexity index is 795. The van der Waals surface area contributed by atoms with Crippen LogP contribution >= 0.6 is 0 Å².